The molecule has 3 aliphatic heterocycles. The number of nitrogens with one attached hydrogen (secondary N) is 1. The van der Waals surface area contributed by atoms with Crippen molar-refractivity contribution in [1.82, 2.24) is 20.1 Å². The first-order valence-electron chi connectivity index (χ1n) is 12.5. The maximum absolute atomic E-state index is 13.2. The highest BCUT2D eigenvalue weighted by molar-refractivity contribution is 8.00. The fraction of sp³-hybridized carbons (Fsp3) is 0.280. The Morgan fingerprint density at radius 2 is 1.89 bits per heavy atom. The molecule has 0 saturated carbocycles. The van der Waals surface area contributed by atoms with Gasteiger partial charge in [-0.3, -0.25) is 29.0 Å². The van der Waals surface area contributed by atoms with Gasteiger partial charge in [-0.1, -0.05) is 5.16 Å². The van der Waals surface area contributed by atoms with Gasteiger partial charge in [0.1, 0.15) is 22.8 Å². The fourth-order valence-corrected chi connectivity index (χ4v) is 6.38. The Hall–Kier alpha value is -5.17. The monoisotopic (exact) mass is 646 g/mol. The second-order valence-electron chi connectivity index (χ2n) is 10.1. The van der Waals surface area contributed by atoms with Crippen LogP contribution in [0.2, 0.25) is 0 Å². The minimum absolute atomic E-state index is 0.0413. The number of β-lactam (4-membered cyclic amide) rings is 1. The van der Waals surface area contributed by atoms with E-state index in [0.29, 0.717) is 4.90 Å². The summed E-state index contributed by atoms with van der Waals surface area (Å²) in [5.74, 6) is -7.94. The van der Waals surface area contributed by atoms with E-state index in [1.54, 1.807) is 0 Å². The van der Waals surface area contributed by atoms with Crippen LogP contribution in [-0.4, -0.2) is 106 Å². The Kier molecular flexibility index (Phi) is 7.46. The summed E-state index contributed by atoms with van der Waals surface area (Å²) in [5.41, 5.74) is 2.25. The van der Waals surface area contributed by atoms with E-state index in [-0.39, 0.29) is 27.7 Å². The van der Waals surface area contributed by atoms with Crippen molar-refractivity contribution >= 4 is 69.5 Å². The average molecular weight is 647 g/mol. The van der Waals surface area contributed by atoms with Crippen molar-refractivity contribution in [2.24, 2.45) is 5.16 Å². The van der Waals surface area contributed by atoms with Crippen LogP contribution in [0.3, 0.4) is 0 Å². The third kappa shape index (κ3) is 4.94. The van der Waals surface area contributed by atoms with Gasteiger partial charge in [0, 0.05) is 11.1 Å². The number of aromatic nitrogens is 1. The number of anilines is 1. The highest BCUT2D eigenvalue weighted by Gasteiger charge is 2.55. The number of benzene rings is 1. The molecule has 1 aromatic heterocycles. The molecule has 0 spiro atoms. The number of amides is 4. The summed E-state index contributed by atoms with van der Waals surface area (Å²) in [6, 6.07) is 0.953. The smallest absolute Gasteiger partial charge is 0.352 e. The second-order valence-corrected chi connectivity index (χ2v) is 12.1. The predicted molar refractivity (Wildman–Crippen MR) is 151 cm³/mol. The first kappa shape index (κ1) is 30.3. The molecule has 7 N–H and O–H groups in total. The number of imide groups is 1. The number of nitrogen functional groups attached to an aromatic ring is 1. The minimum atomic E-state index is -1.83. The molecule has 1 saturated heterocycles. The molecule has 44 heavy (non-hydrogen) atoms. The number of thiazole rings is 1. The first-order chi connectivity index (χ1) is 20.6. The molecule has 19 heteroatoms. The van der Waals surface area contributed by atoms with Crippen molar-refractivity contribution in [3.63, 3.8) is 0 Å². The van der Waals surface area contributed by atoms with Crippen molar-refractivity contribution in [2.45, 2.75) is 30.9 Å². The number of aromatic hydroxyl groups is 2. The third-order valence-electron chi connectivity index (χ3n) is 6.84. The summed E-state index contributed by atoms with van der Waals surface area (Å²) in [6.07, 6.45) is 0. The van der Waals surface area contributed by atoms with Gasteiger partial charge < -0.3 is 36.3 Å². The molecular weight excluding hydrogens is 624 g/mol. The maximum Gasteiger partial charge on any atom is 0.352 e. The molecule has 2 aromatic rings. The topological polar surface area (TPSA) is 262 Å². The van der Waals surface area contributed by atoms with Crippen LogP contribution >= 0.6 is 23.1 Å². The van der Waals surface area contributed by atoms with Gasteiger partial charge in [0.05, 0.1) is 17.7 Å². The molecule has 2 atom stereocenters. The van der Waals surface area contributed by atoms with Gasteiger partial charge in [0.2, 0.25) is 5.60 Å². The third-order valence-corrected chi connectivity index (χ3v) is 8.85. The molecule has 1 fully saturated rings. The number of aliphatic carboxylic acids is 2. The van der Waals surface area contributed by atoms with Crippen LogP contribution in [-0.2, 0) is 24.0 Å². The largest absolute Gasteiger partial charge is 0.504 e. The lowest BCUT2D eigenvalue weighted by Gasteiger charge is -2.49. The van der Waals surface area contributed by atoms with Gasteiger partial charge in [0.25, 0.3) is 23.6 Å². The maximum atomic E-state index is 13.2. The van der Waals surface area contributed by atoms with E-state index in [2.05, 4.69) is 15.5 Å². The first-order valence-corrected chi connectivity index (χ1v) is 14.4. The van der Waals surface area contributed by atoms with E-state index in [1.165, 1.54) is 19.2 Å². The molecule has 4 heterocycles. The summed E-state index contributed by atoms with van der Waals surface area (Å²) >= 11 is 2.02. The SMILES string of the molecule is CC(C)(O/N=C(\C(=O)N[C@@H]1C(=O)N2C(C(=O)O)=C(CN3C(=O)c4ccc(O)c(O)c4C3=O)CS[C@H]12)c1csc(N)n1)C(=O)O. The quantitative estimate of drug-likeness (QED) is 0.0675. The van der Waals surface area contributed by atoms with Gasteiger partial charge in [0.15, 0.2) is 22.3 Å². The number of phenolic OH excluding ortho intramolecular Hbond substituents is 2. The number of hydrogen-bond acceptors (Lipinski definition) is 14. The Morgan fingerprint density at radius 1 is 1.18 bits per heavy atom. The summed E-state index contributed by atoms with van der Waals surface area (Å²) < 4.78 is 0. The molecule has 4 amide bonds. The predicted octanol–water partition coefficient (Wildman–Crippen LogP) is -0.245. The van der Waals surface area contributed by atoms with E-state index in [1.807, 2.05) is 0 Å². The summed E-state index contributed by atoms with van der Waals surface area (Å²) in [7, 11) is 0. The number of phenols is 2. The number of hydrogen-bond donors (Lipinski definition) is 6. The Balaban J connectivity index is 1.37. The van der Waals surface area contributed by atoms with E-state index < -0.39 is 87.6 Å². The molecule has 0 bridgehead atoms. The number of carbonyl (C=O) groups is 6. The number of carboxylic acid groups (broad SMARTS) is 2. The Morgan fingerprint density at radius 3 is 2.50 bits per heavy atom. The van der Waals surface area contributed by atoms with Crippen LogP contribution in [0.25, 0.3) is 0 Å². The number of oxime groups is 1. The van der Waals surface area contributed by atoms with Crippen molar-refractivity contribution in [2.75, 3.05) is 18.0 Å². The zero-order chi connectivity index (χ0) is 32.2. The van der Waals surface area contributed by atoms with E-state index >= 15 is 0 Å². The lowest BCUT2D eigenvalue weighted by Crippen LogP contribution is -2.71. The Bertz CT molecular complexity index is 1730. The molecule has 230 valence electrons. The standard InChI is InChI=1S/C25H22N6O11S2/c1-25(2,23(40)41)42-29-13(10-7-44-24(26)27-10)17(34)28-14-20(37)31-15(22(38)39)8(6-43-21(14)31)5-30-18(35)9-3-4-11(32)16(33)12(9)19(30)36/h3-4,7,14,21,32-33H,5-6H2,1-2H3,(H2,26,27)(H,28,34)(H,38,39)(H,40,41)/b29-13-/t14-,21-/m1/s1. The number of thioether (sulfide) groups is 1. The van der Waals surface area contributed by atoms with Crippen LogP contribution in [0.4, 0.5) is 5.13 Å². The van der Waals surface area contributed by atoms with Crippen LogP contribution < -0.4 is 11.1 Å². The summed E-state index contributed by atoms with van der Waals surface area (Å²) in [6.45, 7) is 1.87. The van der Waals surface area contributed by atoms with Gasteiger partial charge >= 0.3 is 11.9 Å². The Labute approximate surface area is 254 Å². The number of carboxylic acids is 2. The van der Waals surface area contributed by atoms with Crippen molar-refractivity contribution in [3.8, 4) is 11.5 Å². The highest BCUT2D eigenvalue weighted by Crippen LogP contribution is 2.42. The minimum Gasteiger partial charge on any atom is -0.504 e. The number of nitrogens with two attached hydrogens (primary N) is 1. The molecular formula is C25H22N6O11S2. The molecule has 0 unspecified atom stereocenters. The van der Waals surface area contributed by atoms with E-state index in [0.717, 1.165) is 40.1 Å². The normalized spacial score (nSPS) is 19.9. The fourth-order valence-electron chi connectivity index (χ4n) is 4.50. The number of rotatable bonds is 9. The molecule has 17 nitrogen and oxygen atoms in total. The van der Waals surface area contributed by atoms with Crippen LogP contribution in [0, 0.1) is 0 Å². The molecule has 5 rings (SSSR count). The molecule has 3 aliphatic rings. The van der Waals surface area contributed by atoms with E-state index in [9.17, 15) is 49.2 Å². The molecule has 0 aliphatic carbocycles. The average Bonchev–Trinajstić information content (AvgIpc) is 3.49. The van der Waals surface area contributed by atoms with Gasteiger partial charge in [-0.15, -0.1) is 23.1 Å². The second kappa shape index (κ2) is 10.8. The molecule has 1 aromatic carbocycles. The van der Waals surface area contributed by atoms with Crippen molar-refractivity contribution in [3.05, 3.63) is 45.6 Å². The number of carbonyl (C=O) groups excluding carboxylic acids is 4. The molecule has 0 radical (unpaired) electrons. The van der Waals surface area contributed by atoms with Crippen LogP contribution in [0.1, 0.15) is 40.3 Å². The van der Waals surface area contributed by atoms with Crippen LogP contribution in [0.15, 0.2) is 33.9 Å². The highest BCUT2D eigenvalue weighted by atomic mass is 32.2. The zero-order valence-corrected chi connectivity index (χ0v) is 24.3. The lowest BCUT2D eigenvalue weighted by molar-refractivity contribution is -0.161. The number of nitrogens with zero attached hydrogens (tertiary/aromatic N) is 4. The lowest BCUT2D eigenvalue weighted by atomic mass is 10.0. The van der Waals surface area contributed by atoms with Gasteiger partial charge in [-0.05, 0) is 31.6 Å². The van der Waals surface area contributed by atoms with Gasteiger partial charge in [-0.2, -0.15) is 0 Å². The van der Waals surface area contributed by atoms with Crippen LogP contribution in [0.5, 0.6) is 11.5 Å². The summed E-state index contributed by atoms with van der Waals surface area (Å²) in [4.78, 5) is 86.6. The van der Waals surface area contributed by atoms with Gasteiger partial charge in [-0.25, -0.2) is 14.6 Å². The summed E-state index contributed by atoms with van der Waals surface area (Å²) in [5, 5.41) is 45.8. The van der Waals surface area contributed by atoms with Crippen molar-refractivity contribution in [1.29, 1.82) is 0 Å². The van der Waals surface area contributed by atoms with Crippen molar-refractivity contribution < 1.29 is 54.0 Å². The number of fused-ring (bicyclic) bond motifs is 2. The zero-order valence-electron chi connectivity index (χ0n) is 22.6. The van der Waals surface area contributed by atoms with E-state index in [4.69, 9.17) is 10.6 Å².